The number of alkyl halides is 1. The maximum Gasteiger partial charge on any atom is 0.255 e. The van der Waals surface area contributed by atoms with E-state index in [0.29, 0.717) is 41.1 Å². The van der Waals surface area contributed by atoms with Gasteiger partial charge in [-0.2, -0.15) is 14.7 Å². The van der Waals surface area contributed by atoms with Crippen LogP contribution in [0.2, 0.25) is 0 Å². The van der Waals surface area contributed by atoms with Gasteiger partial charge in [-0.05, 0) is 56.9 Å². The van der Waals surface area contributed by atoms with Gasteiger partial charge in [0.15, 0.2) is 0 Å². The van der Waals surface area contributed by atoms with Crippen molar-refractivity contribution >= 4 is 27.1 Å². The third kappa shape index (κ3) is 5.32. The summed E-state index contributed by atoms with van der Waals surface area (Å²) in [5.41, 5.74) is 1.36. The first-order valence-corrected chi connectivity index (χ1v) is 14.5. The van der Waals surface area contributed by atoms with Crippen molar-refractivity contribution in [1.82, 2.24) is 24.2 Å². The Hall–Kier alpha value is -3.60. The Kier molecular flexibility index (Phi) is 6.82. The fourth-order valence-corrected chi connectivity index (χ4v) is 6.55. The molecule has 3 N–H and O–H groups in total. The molecule has 11 nitrogen and oxygen atoms in total. The Balaban J connectivity index is 1.46. The number of aliphatic hydroxyl groups is 1. The van der Waals surface area contributed by atoms with Gasteiger partial charge in [0, 0.05) is 24.8 Å². The van der Waals surface area contributed by atoms with E-state index in [-0.39, 0.29) is 30.1 Å². The zero-order valence-electron chi connectivity index (χ0n) is 21.8. The number of hydrogen-bond acceptors (Lipinski definition) is 8. The van der Waals surface area contributed by atoms with Crippen LogP contribution in [0, 0.1) is 17.2 Å². The van der Waals surface area contributed by atoms with E-state index in [1.165, 1.54) is 36.8 Å². The molecule has 5 rings (SSSR count). The number of hydrogen-bond donors (Lipinski definition) is 3. The molecule has 39 heavy (non-hydrogen) atoms. The number of fused-ring (bicyclic) bond motifs is 3. The first-order valence-electron chi connectivity index (χ1n) is 12.6. The monoisotopic (exact) mass is 555 g/mol. The summed E-state index contributed by atoms with van der Waals surface area (Å²) < 4.78 is 41.7. The number of nitriles is 1. The summed E-state index contributed by atoms with van der Waals surface area (Å²) in [7, 11) is -3.30. The van der Waals surface area contributed by atoms with Crippen LogP contribution in [0.5, 0.6) is 0 Å². The van der Waals surface area contributed by atoms with Crippen LogP contribution in [0.15, 0.2) is 36.7 Å². The van der Waals surface area contributed by atoms with Crippen molar-refractivity contribution in [1.29, 1.82) is 5.26 Å². The third-order valence-electron chi connectivity index (χ3n) is 7.51. The SMILES string of the molecule is CC(C)(O)C(F)CNC(=O)c1cnc(-c2ccc3cc(C#N)cnn23)cc1N[C@H]1C[C@@H]2C[C@H]1CN2S(C)(=O)=O. The highest BCUT2D eigenvalue weighted by Crippen LogP contribution is 2.41. The number of aromatic nitrogens is 3. The van der Waals surface area contributed by atoms with Crippen LogP contribution in [0.4, 0.5) is 10.1 Å². The molecule has 1 amide bonds. The number of piperidine rings is 1. The molecule has 1 saturated heterocycles. The lowest BCUT2D eigenvalue weighted by Gasteiger charge is -2.31. The smallest absolute Gasteiger partial charge is 0.255 e. The Morgan fingerprint density at radius 2 is 2.08 bits per heavy atom. The number of carbonyl (C=O) groups excluding carboxylic acids is 1. The number of halogens is 1. The molecular weight excluding hydrogens is 525 g/mol. The Morgan fingerprint density at radius 3 is 2.72 bits per heavy atom. The predicted octanol–water partition coefficient (Wildman–Crippen LogP) is 1.94. The molecule has 2 fully saturated rings. The van der Waals surface area contributed by atoms with Gasteiger partial charge in [0.1, 0.15) is 12.2 Å². The number of rotatable bonds is 8. The molecule has 4 atom stereocenters. The van der Waals surface area contributed by atoms with Crippen LogP contribution in [0.1, 0.15) is 42.6 Å². The minimum absolute atomic E-state index is 0.0690. The number of carbonyl (C=O) groups is 1. The van der Waals surface area contributed by atoms with Crippen molar-refractivity contribution in [2.24, 2.45) is 5.92 Å². The van der Waals surface area contributed by atoms with Gasteiger partial charge in [0.25, 0.3) is 5.91 Å². The summed E-state index contributed by atoms with van der Waals surface area (Å²) in [5.74, 6) is -0.482. The summed E-state index contributed by atoms with van der Waals surface area (Å²) in [4.78, 5) is 17.6. The minimum Gasteiger partial charge on any atom is -0.387 e. The van der Waals surface area contributed by atoms with Crippen molar-refractivity contribution in [3.8, 4) is 17.5 Å². The molecule has 1 unspecified atom stereocenters. The maximum absolute atomic E-state index is 14.3. The molecule has 4 heterocycles. The molecule has 1 aliphatic heterocycles. The lowest BCUT2D eigenvalue weighted by atomic mass is 10.0. The summed E-state index contributed by atoms with van der Waals surface area (Å²) in [6.07, 6.45) is 3.73. The Morgan fingerprint density at radius 1 is 1.31 bits per heavy atom. The molecule has 3 aromatic heterocycles. The van der Waals surface area contributed by atoms with Crippen LogP contribution in [-0.4, -0.2) is 81.5 Å². The number of pyridine rings is 1. The van der Waals surface area contributed by atoms with Crippen LogP contribution < -0.4 is 10.6 Å². The highest BCUT2D eigenvalue weighted by atomic mass is 32.2. The molecule has 206 valence electrons. The van der Waals surface area contributed by atoms with Gasteiger partial charge in [0.2, 0.25) is 10.0 Å². The first kappa shape index (κ1) is 27.0. The number of nitrogens with zero attached hydrogens (tertiary/aromatic N) is 5. The van der Waals surface area contributed by atoms with Crippen LogP contribution >= 0.6 is 0 Å². The second-order valence-electron chi connectivity index (χ2n) is 10.8. The minimum atomic E-state index is -3.30. The zero-order valence-corrected chi connectivity index (χ0v) is 22.6. The van der Waals surface area contributed by atoms with Gasteiger partial charge in [-0.25, -0.2) is 17.3 Å². The van der Waals surface area contributed by atoms with E-state index in [2.05, 4.69) is 26.8 Å². The summed E-state index contributed by atoms with van der Waals surface area (Å²) >= 11 is 0. The van der Waals surface area contributed by atoms with Gasteiger partial charge in [0.05, 0.1) is 58.3 Å². The second kappa shape index (κ2) is 9.86. The molecule has 0 aromatic carbocycles. The van der Waals surface area contributed by atoms with Crippen molar-refractivity contribution in [2.75, 3.05) is 24.7 Å². The molecule has 2 aliphatic rings. The van der Waals surface area contributed by atoms with E-state index < -0.39 is 27.7 Å². The van der Waals surface area contributed by atoms with E-state index in [9.17, 15) is 28.0 Å². The van der Waals surface area contributed by atoms with Gasteiger partial charge in [-0.1, -0.05) is 0 Å². The van der Waals surface area contributed by atoms with E-state index >= 15 is 0 Å². The molecule has 0 spiro atoms. The average Bonchev–Trinajstić information content (AvgIpc) is 3.60. The molecule has 3 aromatic rings. The average molecular weight is 556 g/mol. The molecule has 2 bridgehead atoms. The summed E-state index contributed by atoms with van der Waals surface area (Å²) in [6, 6.07) is 8.94. The van der Waals surface area contributed by atoms with Crippen molar-refractivity contribution in [2.45, 2.75) is 50.5 Å². The molecular formula is C26H30FN7O4S. The highest BCUT2D eigenvalue weighted by molar-refractivity contribution is 7.88. The van der Waals surface area contributed by atoms with E-state index in [4.69, 9.17) is 0 Å². The van der Waals surface area contributed by atoms with Crippen LogP contribution in [0.3, 0.4) is 0 Å². The summed E-state index contributed by atoms with van der Waals surface area (Å²) in [6.45, 7) is 2.69. The normalized spacial score (nSPS) is 22.1. The van der Waals surface area contributed by atoms with Crippen molar-refractivity contribution in [3.63, 3.8) is 0 Å². The second-order valence-corrected chi connectivity index (χ2v) is 12.8. The topological polar surface area (TPSA) is 153 Å². The lowest BCUT2D eigenvalue weighted by Crippen LogP contribution is -2.43. The van der Waals surface area contributed by atoms with Gasteiger partial charge in [-0.15, -0.1) is 0 Å². The van der Waals surface area contributed by atoms with Crippen LogP contribution in [0.25, 0.3) is 16.9 Å². The lowest BCUT2D eigenvalue weighted by molar-refractivity contribution is -0.00177. The van der Waals surface area contributed by atoms with Gasteiger partial charge < -0.3 is 15.7 Å². The van der Waals surface area contributed by atoms with Gasteiger partial charge >= 0.3 is 0 Å². The quantitative estimate of drug-likeness (QED) is 0.381. The molecule has 1 aliphatic carbocycles. The van der Waals surface area contributed by atoms with E-state index in [0.717, 1.165) is 6.42 Å². The third-order valence-corrected chi connectivity index (χ3v) is 8.81. The standard InChI is InChI=1S/C26H30FN7O4S/c1-26(2,36)24(27)13-30-25(35)19-12-29-22(23-5-4-17-6-15(10-28)11-31-34(17)23)9-21(19)32-20-8-18-7-16(20)14-33(18)39(3,37)38/h4-6,9,11-12,16,18,20,24,36H,7-8,13-14H2,1-3H3,(H,29,32)(H,30,35)/t16-,18-,20-,24?/m0/s1. The largest absolute Gasteiger partial charge is 0.387 e. The first-order chi connectivity index (χ1) is 18.3. The van der Waals surface area contributed by atoms with Crippen molar-refractivity contribution < 1.29 is 22.7 Å². The van der Waals surface area contributed by atoms with E-state index in [1.807, 2.05) is 12.1 Å². The van der Waals surface area contributed by atoms with Gasteiger partial charge in [-0.3, -0.25) is 9.78 Å². The molecule has 13 heteroatoms. The summed E-state index contributed by atoms with van der Waals surface area (Å²) in [5, 5.41) is 29.4. The molecule has 0 radical (unpaired) electrons. The number of sulfonamides is 1. The fourth-order valence-electron chi connectivity index (χ4n) is 5.37. The Bertz CT molecular complexity index is 1580. The van der Waals surface area contributed by atoms with Crippen molar-refractivity contribution in [3.05, 3.63) is 47.8 Å². The Labute approximate surface area is 225 Å². The van der Waals surface area contributed by atoms with E-state index in [1.54, 1.807) is 16.6 Å². The molecule has 1 saturated carbocycles. The number of amides is 1. The fraction of sp³-hybridized carbons (Fsp3) is 0.462. The number of anilines is 1. The zero-order chi connectivity index (χ0) is 28.1. The maximum atomic E-state index is 14.3. The number of nitrogens with one attached hydrogen (secondary N) is 2. The van der Waals surface area contributed by atoms with Crippen LogP contribution in [-0.2, 0) is 10.0 Å². The highest BCUT2D eigenvalue weighted by Gasteiger charge is 2.48. The predicted molar refractivity (Wildman–Crippen MR) is 142 cm³/mol.